The van der Waals surface area contributed by atoms with Gasteiger partial charge in [-0.3, -0.25) is 0 Å². The smallest absolute Gasteiger partial charge is 0.336 e. The molecule has 6 heteroatoms. The third-order valence-electron chi connectivity index (χ3n) is 10.3. The fraction of sp³-hybridized carbons (Fsp3) is 0.733. The summed E-state index contributed by atoms with van der Waals surface area (Å²) in [7, 11) is 0. The van der Waals surface area contributed by atoms with Gasteiger partial charge in [0.05, 0.1) is 11.4 Å². The minimum Gasteiger partial charge on any atom is -0.478 e. The predicted octanol–water partition coefficient (Wildman–Crippen LogP) is 6.30. The molecule has 2 N–H and O–H groups in total. The summed E-state index contributed by atoms with van der Waals surface area (Å²) in [6.07, 6.45) is 8.58. The highest BCUT2D eigenvalue weighted by Crippen LogP contribution is 2.56. The lowest BCUT2D eigenvalue weighted by Crippen LogP contribution is -2.51. The molecule has 3 saturated carbocycles. The number of carboxylic acids is 1. The number of carbonyl (C=O) groups is 2. The molecular formula is C30H44O6. The van der Waals surface area contributed by atoms with E-state index >= 15 is 0 Å². The van der Waals surface area contributed by atoms with Crippen LogP contribution in [-0.2, 0) is 19.1 Å². The standard InChI is InChI=1S/C30H44O6/c1-18(26(31)32)21-8-13-28(4)15-10-25(35-20(3)23(28)16-21)36-27(33)19(2)22-9-14-29(5)11-7-12-30(6,34)24(29)17-22/h21-22,24-25,34H,1-2,7-17H2,3-6H3,(H,31,32)/t21-,22-,24-,25+,28+,29+,30-/m1/s1. The maximum atomic E-state index is 13.2. The van der Waals surface area contributed by atoms with Crippen molar-refractivity contribution in [1.29, 1.82) is 0 Å². The summed E-state index contributed by atoms with van der Waals surface area (Å²) in [6.45, 7) is 16.3. The summed E-state index contributed by atoms with van der Waals surface area (Å²) in [5, 5.41) is 20.5. The van der Waals surface area contributed by atoms with Crippen LogP contribution in [0.3, 0.4) is 0 Å². The zero-order chi connectivity index (χ0) is 26.5. The van der Waals surface area contributed by atoms with Crippen molar-refractivity contribution in [3.8, 4) is 0 Å². The van der Waals surface area contributed by atoms with E-state index < -0.39 is 23.8 Å². The minimum absolute atomic E-state index is 0.00765. The number of hydrogen-bond donors (Lipinski definition) is 2. The van der Waals surface area contributed by atoms with E-state index in [2.05, 4.69) is 27.0 Å². The number of carbonyl (C=O) groups excluding carboxylic acids is 1. The van der Waals surface area contributed by atoms with Gasteiger partial charge in [0, 0.05) is 17.6 Å². The Labute approximate surface area is 215 Å². The highest BCUT2D eigenvalue weighted by Gasteiger charge is 2.51. The zero-order valence-electron chi connectivity index (χ0n) is 22.5. The van der Waals surface area contributed by atoms with Crippen molar-refractivity contribution >= 4 is 11.9 Å². The van der Waals surface area contributed by atoms with Crippen molar-refractivity contribution in [3.63, 3.8) is 0 Å². The molecule has 0 aromatic rings. The van der Waals surface area contributed by atoms with Crippen molar-refractivity contribution in [3.05, 3.63) is 35.6 Å². The number of allylic oxidation sites excluding steroid dienone is 2. The van der Waals surface area contributed by atoms with Crippen LogP contribution in [0.2, 0.25) is 0 Å². The van der Waals surface area contributed by atoms with Gasteiger partial charge in [-0.05, 0) is 106 Å². The molecule has 6 nitrogen and oxygen atoms in total. The van der Waals surface area contributed by atoms with E-state index in [1.807, 2.05) is 13.8 Å². The fourth-order valence-corrected chi connectivity index (χ4v) is 7.77. The second-order valence-electron chi connectivity index (χ2n) is 12.8. The summed E-state index contributed by atoms with van der Waals surface area (Å²) in [5.41, 5.74) is 1.16. The van der Waals surface area contributed by atoms with Crippen LogP contribution in [0.1, 0.15) is 98.3 Å². The van der Waals surface area contributed by atoms with E-state index in [9.17, 15) is 19.8 Å². The summed E-state index contributed by atoms with van der Waals surface area (Å²) in [4.78, 5) is 24.6. The van der Waals surface area contributed by atoms with Crippen LogP contribution in [0.5, 0.6) is 0 Å². The molecule has 0 spiro atoms. The van der Waals surface area contributed by atoms with Gasteiger partial charge >= 0.3 is 11.9 Å². The van der Waals surface area contributed by atoms with Crippen molar-refractivity contribution in [1.82, 2.24) is 0 Å². The van der Waals surface area contributed by atoms with Crippen molar-refractivity contribution in [2.45, 2.75) is 110 Å². The largest absolute Gasteiger partial charge is 0.478 e. The van der Waals surface area contributed by atoms with Crippen molar-refractivity contribution in [2.75, 3.05) is 0 Å². The topological polar surface area (TPSA) is 93.1 Å². The molecule has 3 aliphatic carbocycles. The van der Waals surface area contributed by atoms with Crippen LogP contribution in [0.4, 0.5) is 0 Å². The normalized spacial score (nSPS) is 40.7. The Bertz CT molecular complexity index is 976. The number of hydrogen-bond acceptors (Lipinski definition) is 5. The molecular weight excluding hydrogens is 456 g/mol. The molecule has 4 aliphatic rings. The molecule has 36 heavy (non-hydrogen) atoms. The van der Waals surface area contributed by atoms with E-state index in [1.54, 1.807) is 0 Å². The SMILES string of the molecule is C=C(C(=O)O)[C@@H]1CC[C@@]2(C)CC[C@H](OC(=O)C(=C)[C@@H]3CC[C@]4(C)CCC[C@@](C)(O)[C@@H]4C3)OC(C)=C2C1. The number of fused-ring (bicyclic) bond motifs is 2. The second-order valence-corrected chi connectivity index (χ2v) is 12.8. The summed E-state index contributed by atoms with van der Waals surface area (Å²) in [5.74, 6) is -0.563. The first kappa shape index (κ1) is 27.0. The van der Waals surface area contributed by atoms with Crippen molar-refractivity contribution in [2.24, 2.45) is 28.6 Å². The molecule has 7 atom stereocenters. The van der Waals surface area contributed by atoms with Gasteiger partial charge < -0.3 is 19.7 Å². The van der Waals surface area contributed by atoms with E-state index in [-0.39, 0.29) is 34.2 Å². The van der Waals surface area contributed by atoms with Gasteiger partial charge in [0.1, 0.15) is 0 Å². The van der Waals surface area contributed by atoms with Gasteiger partial charge in [0.25, 0.3) is 0 Å². The Morgan fingerprint density at radius 1 is 0.972 bits per heavy atom. The molecule has 1 heterocycles. The Hall–Kier alpha value is -2.08. The number of ether oxygens (including phenoxy) is 2. The molecule has 200 valence electrons. The van der Waals surface area contributed by atoms with Gasteiger partial charge in [0.15, 0.2) is 0 Å². The average Bonchev–Trinajstić information content (AvgIpc) is 2.93. The van der Waals surface area contributed by atoms with Gasteiger partial charge in [-0.25, -0.2) is 9.59 Å². The molecule has 0 bridgehead atoms. The van der Waals surface area contributed by atoms with Crippen LogP contribution in [0.15, 0.2) is 35.6 Å². The number of carboxylic acid groups (broad SMARTS) is 1. The summed E-state index contributed by atoms with van der Waals surface area (Å²) in [6, 6.07) is 0. The lowest BCUT2D eigenvalue weighted by molar-refractivity contribution is -0.169. The van der Waals surface area contributed by atoms with E-state index in [4.69, 9.17) is 9.47 Å². The van der Waals surface area contributed by atoms with Crippen LogP contribution >= 0.6 is 0 Å². The first-order valence-electron chi connectivity index (χ1n) is 13.7. The molecule has 0 aromatic heterocycles. The van der Waals surface area contributed by atoms with Crippen LogP contribution in [0, 0.1) is 28.6 Å². The number of aliphatic hydroxyl groups is 1. The molecule has 0 unspecified atom stereocenters. The van der Waals surface area contributed by atoms with Gasteiger partial charge in [0.2, 0.25) is 6.29 Å². The number of esters is 1. The third kappa shape index (κ3) is 5.03. The lowest BCUT2D eigenvalue weighted by atomic mass is 9.53. The maximum Gasteiger partial charge on any atom is 0.336 e. The maximum absolute atomic E-state index is 13.2. The third-order valence-corrected chi connectivity index (χ3v) is 10.3. The zero-order valence-corrected chi connectivity index (χ0v) is 22.5. The first-order chi connectivity index (χ1) is 16.8. The average molecular weight is 501 g/mol. The lowest BCUT2D eigenvalue weighted by Gasteiger charge is -2.54. The first-order valence-corrected chi connectivity index (χ1v) is 13.7. The Kier molecular flexibility index (Phi) is 7.24. The molecule has 0 radical (unpaired) electrons. The van der Waals surface area contributed by atoms with E-state index in [0.29, 0.717) is 18.4 Å². The van der Waals surface area contributed by atoms with E-state index in [0.717, 1.165) is 69.1 Å². The highest BCUT2D eigenvalue weighted by atomic mass is 16.7. The van der Waals surface area contributed by atoms with Crippen molar-refractivity contribution < 1.29 is 29.3 Å². The predicted molar refractivity (Wildman–Crippen MR) is 138 cm³/mol. The molecule has 0 saturated heterocycles. The van der Waals surface area contributed by atoms with E-state index in [1.165, 1.54) is 0 Å². The number of aliphatic carboxylic acids is 1. The highest BCUT2D eigenvalue weighted by molar-refractivity contribution is 5.88. The van der Waals surface area contributed by atoms with Crippen LogP contribution in [-0.4, -0.2) is 34.0 Å². The monoisotopic (exact) mass is 500 g/mol. The summed E-state index contributed by atoms with van der Waals surface area (Å²) >= 11 is 0. The summed E-state index contributed by atoms with van der Waals surface area (Å²) < 4.78 is 12.0. The van der Waals surface area contributed by atoms with Gasteiger partial charge in [-0.2, -0.15) is 0 Å². The van der Waals surface area contributed by atoms with Crippen LogP contribution in [0.25, 0.3) is 0 Å². The molecule has 0 amide bonds. The Balaban J connectivity index is 1.41. The molecule has 0 aromatic carbocycles. The quantitative estimate of drug-likeness (QED) is 0.340. The minimum atomic E-state index is -0.945. The molecule has 4 rings (SSSR count). The second kappa shape index (κ2) is 9.66. The van der Waals surface area contributed by atoms with Gasteiger partial charge in [-0.15, -0.1) is 0 Å². The van der Waals surface area contributed by atoms with Gasteiger partial charge in [-0.1, -0.05) is 33.4 Å². The Morgan fingerprint density at radius 2 is 1.64 bits per heavy atom. The van der Waals surface area contributed by atoms with Crippen LogP contribution < -0.4 is 0 Å². The molecule has 3 fully saturated rings. The fourth-order valence-electron chi connectivity index (χ4n) is 7.77. The number of rotatable bonds is 5. The molecule has 1 aliphatic heterocycles. The Morgan fingerprint density at radius 3 is 2.33 bits per heavy atom.